The SMILES string of the molecule is CCC1SCCSC1C(=O)c1ccc(OC)cc1C. The second-order valence-corrected chi connectivity index (χ2v) is 7.25. The molecule has 1 aliphatic rings. The molecule has 2 unspecified atom stereocenters. The van der Waals surface area contributed by atoms with Gasteiger partial charge in [-0.1, -0.05) is 6.92 Å². The van der Waals surface area contributed by atoms with Crippen LogP contribution in [0.2, 0.25) is 0 Å². The topological polar surface area (TPSA) is 26.3 Å². The maximum Gasteiger partial charge on any atom is 0.177 e. The maximum atomic E-state index is 12.7. The summed E-state index contributed by atoms with van der Waals surface area (Å²) >= 11 is 3.76. The number of carbonyl (C=O) groups is 1. The van der Waals surface area contributed by atoms with E-state index < -0.39 is 0 Å². The average molecular weight is 296 g/mol. The summed E-state index contributed by atoms with van der Waals surface area (Å²) in [6.07, 6.45) is 1.06. The molecule has 1 fully saturated rings. The summed E-state index contributed by atoms with van der Waals surface area (Å²) < 4.78 is 5.20. The van der Waals surface area contributed by atoms with Crippen LogP contribution in [-0.2, 0) is 0 Å². The molecule has 0 aliphatic carbocycles. The monoisotopic (exact) mass is 296 g/mol. The molecular weight excluding hydrogens is 276 g/mol. The summed E-state index contributed by atoms with van der Waals surface area (Å²) in [5, 5.41) is 0.559. The number of ether oxygens (including phenoxy) is 1. The van der Waals surface area contributed by atoms with Gasteiger partial charge in [-0.3, -0.25) is 4.79 Å². The molecule has 0 aromatic heterocycles. The Morgan fingerprint density at radius 3 is 2.74 bits per heavy atom. The van der Waals surface area contributed by atoms with E-state index in [0.717, 1.165) is 34.8 Å². The van der Waals surface area contributed by atoms with Crippen molar-refractivity contribution in [2.45, 2.75) is 30.8 Å². The first-order valence-corrected chi connectivity index (χ1v) is 8.69. The third-order valence-corrected chi connectivity index (χ3v) is 6.66. The van der Waals surface area contributed by atoms with Gasteiger partial charge in [0.15, 0.2) is 5.78 Å². The number of carbonyl (C=O) groups excluding carboxylic acids is 1. The third kappa shape index (κ3) is 3.29. The van der Waals surface area contributed by atoms with Gasteiger partial charge in [0.1, 0.15) is 5.75 Å². The molecule has 1 aromatic rings. The minimum Gasteiger partial charge on any atom is -0.497 e. The molecule has 0 amide bonds. The average Bonchev–Trinajstić information content (AvgIpc) is 2.46. The van der Waals surface area contributed by atoms with Crippen molar-refractivity contribution in [3.05, 3.63) is 29.3 Å². The molecule has 2 rings (SSSR count). The van der Waals surface area contributed by atoms with E-state index in [-0.39, 0.29) is 11.0 Å². The van der Waals surface area contributed by atoms with Crippen LogP contribution in [-0.4, -0.2) is 34.9 Å². The number of thioether (sulfide) groups is 2. The zero-order valence-corrected chi connectivity index (χ0v) is 13.3. The Bertz CT molecular complexity index is 459. The first-order valence-electron chi connectivity index (χ1n) is 6.59. The van der Waals surface area contributed by atoms with Crippen LogP contribution < -0.4 is 4.74 Å². The van der Waals surface area contributed by atoms with Gasteiger partial charge in [-0.15, -0.1) is 11.8 Å². The smallest absolute Gasteiger partial charge is 0.177 e. The van der Waals surface area contributed by atoms with Crippen LogP contribution in [0.15, 0.2) is 18.2 Å². The molecule has 4 heteroatoms. The highest BCUT2D eigenvalue weighted by Crippen LogP contribution is 2.35. The van der Waals surface area contributed by atoms with E-state index in [2.05, 4.69) is 6.92 Å². The fourth-order valence-corrected chi connectivity index (χ4v) is 5.36. The molecule has 1 saturated heterocycles. The third-order valence-electron chi connectivity index (χ3n) is 3.41. The Kier molecular flexibility index (Phi) is 5.22. The Labute approximate surface area is 123 Å². The van der Waals surface area contributed by atoms with Gasteiger partial charge >= 0.3 is 0 Å². The van der Waals surface area contributed by atoms with Gasteiger partial charge in [0.25, 0.3) is 0 Å². The van der Waals surface area contributed by atoms with Crippen molar-refractivity contribution >= 4 is 29.3 Å². The van der Waals surface area contributed by atoms with Gasteiger partial charge in [-0.2, -0.15) is 11.8 Å². The molecule has 0 spiro atoms. The van der Waals surface area contributed by atoms with Gasteiger partial charge in [-0.05, 0) is 37.1 Å². The molecule has 104 valence electrons. The Morgan fingerprint density at radius 1 is 1.37 bits per heavy atom. The summed E-state index contributed by atoms with van der Waals surface area (Å²) in [7, 11) is 1.65. The van der Waals surface area contributed by atoms with Crippen molar-refractivity contribution in [2.24, 2.45) is 0 Å². The number of hydrogen-bond acceptors (Lipinski definition) is 4. The van der Waals surface area contributed by atoms with Gasteiger partial charge in [0.05, 0.1) is 12.4 Å². The lowest BCUT2D eigenvalue weighted by molar-refractivity contribution is 0.0987. The molecule has 1 aromatic carbocycles. The van der Waals surface area contributed by atoms with E-state index in [0.29, 0.717) is 5.25 Å². The summed E-state index contributed by atoms with van der Waals surface area (Å²) in [6.45, 7) is 4.15. The molecule has 2 atom stereocenters. The van der Waals surface area contributed by atoms with Crippen LogP contribution in [0.3, 0.4) is 0 Å². The van der Waals surface area contributed by atoms with E-state index in [4.69, 9.17) is 4.74 Å². The second-order valence-electron chi connectivity index (χ2n) is 4.65. The molecular formula is C15H20O2S2. The number of benzene rings is 1. The summed E-state index contributed by atoms with van der Waals surface area (Å²) in [5.41, 5.74) is 1.86. The lowest BCUT2D eigenvalue weighted by Crippen LogP contribution is -2.33. The summed E-state index contributed by atoms with van der Waals surface area (Å²) in [6, 6.07) is 5.72. The van der Waals surface area contributed by atoms with E-state index >= 15 is 0 Å². The molecule has 0 N–H and O–H groups in total. The molecule has 1 aliphatic heterocycles. The van der Waals surface area contributed by atoms with Gasteiger partial charge < -0.3 is 4.74 Å². The lowest BCUT2D eigenvalue weighted by Gasteiger charge is -2.29. The molecule has 19 heavy (non-hydrogen) atoms. The zero-order chi connectivity index (χ0) is 13.8. The zero-order valence-electron chi connectivity index (χ0n) is 11.6. The Morgan fingerprint density at radius 2 is 2.11 bits per heavy atom. The molecule has 0 saturated carbocycles. The number of hydrogen-bond donors (Lipinski definition) is 0. The number of ketones is 1. The van der Waals surface area contributed by atoms with Gasteiger partial charge in [0.2, 0.25) is 0 Å². The Balaban J connectivity index is 2.23. The number of aryl methyl sites for hydroxylation is 1. The quantitative estimate of drug-likeness (QED) is 0.789. The number of methoxy groups -OCH3 is 1. The molecule has 0 radical (unpaired) electrons. The molecule has 2 nitrogen and oxygen atoms in total. The summed E-state index contributed by atoms with van der Waals surface area (Å²) in [5.74, 6) is 3.33. The first-order chi connectivity index (χ1) is 9.17. The van der Waals surface area contributed by atoms with Crippen LogP contribution in [0.5, 0.6) is 5.75 Å². The molecule has 0 bridgehead atoms. The van der Waals surface area contributed by atoms with E-state index in [1.165, 1.54) is 0 Å². The van der Waals surface area contributed by atoms with Crippen LogP contribution in [0.1, 0.15) is 29.3 Å². The van der Waals surface area contributed by atoms with Crippen LogP contribution >= 0.6 is 23.5 Å². The fraction of sp³-hybridized carbons (Fsp3) is 0.533. The lowest BCUT2D eigenvalue weighted by atomic mass is 10.00. The highest BCUT2D eigenvalue weighted by Gasteiger charge is 2.32. The van der Waals surface area contributed by atoms with Crippen molar-refractivity contribution in [3.63, 3.8) is 0 Å². The van der Waals surface area contributed by atoms with Crippen molar-refractivity contribution in [3.8, 4) is 5.75 Å². The fourth-order valence-electron chi connectivity index (χ4n) is 2.34. The standard InChI is InChI=1S/C15H20O2S2/c1-4-13-15(19-8-7-18-13)14(16)12-6-5-11(17-3)9-10(12)2/h5-6,9,13,15H,4,7-8H2,1-3H3. The van der Waals surface area contributed by atoms with E-state index in [1.54, 1.807) is 7.11 Å². The van der Waals surface area contributed by atoms with Crippen molar-refractivity contribution in [1.29, 1.82) is 0 Å². The van der Waals surface area contributed by atoms with Gasteiger partial charge in [0, 0.05) is 22.3 Å². The minimum atomic E-state index is 0.107. The number of Topliss-reactive ketones (excluding diaryl/α,β-unsaturated/α-hetero) is 1. The highest BCUT2D eigenvalue weighted by molar-refractivity contribution is 8.07. The van der Waals surface area contributed by atoms with Crippen LogP contribution in [0.25, 0.3) is 0 Å². The summed E-state index contributed by atoms with van der Waals surface area (Å²) in [4.78, 5) is 12.7. The predicted molar refractivity (Wildman–Crippen MR) is 84.8 cm³/mol. The van der Waals surface area contributed by atoms with Crippen molar-refractivity contribution < 1.29 is 9.53 Å². The van der Waals surface area contributed by atoms with Crippen LogP contribution in [0, 0.1) is 6.92 Å². The van der Waals surface area contributed by atoms with E-state index in [9.17, 15) is 4.79 Å². The second kappa shape index (κ2) is 6.71. The Hall–Kier alpha value is -0.610. The highest BCUT2D eigenvalue weighted by atomic mass is 32.2. The largest absolute Gasteiger partial charge is 0.497 e. The van der Waals surface area contributed by atoms with Gasteiger partial charge in [-0.25, -0.2) is 0 Å². The van der Waals surface area contributed by atoms with Crippen molar-refractivity contribution in [2.75, 3.05) is 18.6 Å². The molecule has 1 heterocycles. The van der Waals surface area contributed by atoms with Crippen LogP contribution in [0.4, 0.5) is 0 Å². The number of rotatable bonds is 4. The van der Waals surface area contributed by atoms with E-state index in [1.807, 2.05) is 48.6 Å². The predicted octanol–water partition coefficient (Wildman–Crippen LogP) is 3.81. The maximum absolute atomic E-state index is 12.7. The normalized spacial score (nSPS) is 23.1. The van der Waals surface area contributed by atoms with Crippen molar-refractivity contribution in [1.82, 2.24) is 0 Å². The minimum absolute atomic E-state index is 0.107. The first kappa shape index (κ1) is 14.8.